The summed E-state index contributed by atoms with van der Waals surface area (Å²) >= 11 is 1.37. The number of hydrogen-bond donors (Lipinski definition) is 5. The van der Waals surface area contributed by atoms with Gasteiger partial charge in [0.15, 0.2) is 5.16 Å². The average Bonchev–Trinajstić information content (AvgIpc) is 3.28. The molecule has 200 valence electrons. The number of benzene rings is 2. The Morgan fingerprint density at radius 3 is 2.41 bits per heavy atom. The summed E-state index contributed by atoms with van der Waals surface area (Å²) in [5.74, 6) is -2.25. The quantitative estimate of drug-likeness (QED) is 0.149. The smallest absolute Gasteiger partial charge is 0.325 e. The molecule has 0 aliphatic rings. The molecule has 0 saturated carbocycles. The topological polar surface area (TPSA) is 162 Å². The van der Waals surface area contributed by atoms with E-state index in [2.05, 4.69) is 36.1 Å². The normalized spacial score (nSPS) is 11.5. The predicted octanol–water partition coefficient (Wildman–Crippen LogP) is 4.61. The Hall–Kier alpha value is -4.71. The van der Waals surface area contributed by atoms with E-state index in [9.17, 15) is 19.5 Å². The second-order valence-electron chi connectivity index (χ2n) is 8.83. The maximum atomic E-state index is 12.5. The van der Waals surface area contributed by atoms with Gasteiger partial charge in [-0.3, -0.25) is 20.0 Å². The highest BCUT2D eigenvalue weighted by Gasteiger charge is 2.28. The zero-order valence-corrected chi connectivity index (χ0v) is 22.3. The molecule has 0 spiro atoms. The second kappa shape index (κ2) is 12.2. The monoisotopic (exact) mass is 545 g/mol. The van der Waals surface area contributed by atoms with Gasteiger partial charge in [-0.25, -0.2) is 14.8 Å². The lowest BCUT2D eigenvalue weighted by Gasteiger charge is -2.14. The van der Waals surface area contributed by atoms with Crippen LogP contribution in [0.15, 0.2) is 70.7 Å². The standard InChI is InChI=1S/C27H27N7O4S/c1-15-11-19(29-26(38)32-24(35)20(25(36)37)14-18-7-5-4-6-8-18)9-10-21(15)39-27-28-16(2)12-22(31-27)30-23-13-17(3)33-34-23/h4-13,20H,14H2,1-3H3,(H,36,37)(H2,29,32,35,38)(H2,28,30,31,33,34). The van der Waals surface area contributed by atoms with Gasteiger partial charge in [-0.1, -0.05) is 30.3 Å². The van der Waals surface area contributed by atoms with E-state index in [4.69, 9.17) is 0 Å². The first-order valence-electron chi connectivity index (χ1n) is 12.0. The number of aromatic nitrogens is 4. The van der Waals surface area contributed by atoms with Crippen molar-refractivity contribution in [3.63, 3.8) is 0 Å². The van der Waals surface area contributed by atoms with Gasteiger partial charge in [0.2, 0.25) is 5.91 Å². The Balaban J connectivity index is 1.38. The van der Waals surface area contributed by atoms with Gasteiger partial charge in [0, 0.05) is 28.4 Å². The number of carboxylic acid groups (broad SMARTS) is 1. The Bertz CT molecular complexity index is 1510. The molecule has 2 heterocycles. The number of carbonyl (C=O) groups excluding carboxylic acids is 2. The number of carboxylic acids is 1. The number of H-pyrrole nitrogens is 1. The molecule has 3 amide bonds. The molecule has 5 N–H and O–H groups in total. The van der Waals surface area contributed by atoms with Crippen molar-refractivity contribution in [2.24, 2.45) is 5.92 Å². The minimum absolute atomic E-state index is 0.0277. The number of aryl methyl sites for hydroxylation is 3. The van der Waals surface area contributed by atoms with E-state index in [-0.39, 0.29) is 6.42 Å². The van der Waals surface area contributed by atoms with Crippen molar-refractivity contribution >= 4 is 47.0 Å². The number of amides is 3. The van der Waals surface area contributed by atoms with Gasteiger partial charge < -0.3 is 15.7 Å². The molecule has 1 unspecified atom stereocenters. The van der Waals surface area contributed by atoms with E-state index in [1.807, 2.05) is 39.0 Å². The van der Waals surface area contributed by atoms with Crippen LogP contribution in [0.3, 0.4) is 0 Å². The number of imide groups is 1. The number of urea groups is 1. The molecule has 0 bridgehead atoms. The maximum Gasteiger partial charge on any atom is 0.325 e. The van der Waals surface area contributed by atoms with Crippen LogP contribution in [0.2, 0.25) is 0 Å². The first kappa shape index (κ1) is 27.3. The SMILES string of the molecule is Cc1cc(Nc2cc(C)nc(Sc3ccc(NC(=O)NC(=O)C(Cc4ccccc4)C(=O)O)cc3C)n2)[nH]n1. The Morgan fingerprint density at radius 1 is 0.974 bits per heavy atom. The number of hydrogen-bond acceptors (Lipinski definition) is 8. The summed E-state index contributed by atoms with van der Waals surface area (Å²) in [7, 11) is 0. The fourth-order valence-corrected chi connectivity index (χ4v) is 4.60. The lowest BCUT2D eigenvalue weighted by atomic mass is 9.99. The number of rotatable bonds is 9. The van der Waals surface area contributed by atoms with Crippen LogP contribution in [0.5, 0.6) is 0 Å². The fourth-order valence-electron chi connectivity index (χ4n) is 3.72. The summed E-state index contributed by atoms with van der Waals surface area (Å²) in [5, 5.41) is 24.9. The second-order valence-corrected chi connectivity index (χ2v) is 9.84. The van der Waals surface area contributed by atoms with Crippen LogP contribution >= 0.6 is 11.8 Å². The molecular weight excluding hydrogens is 518 g/mol. The van der Waals surface area contributed by atoms with E-state index in [1.165, 1.54) is 11.8 Å². The molecule has 4 rings (SSSR count). The number of nitrogens with zero attached hydrogens (tertiary/aromatic N) is 3. The van der Waals surface area contributed by atoms with Crippen molar-refractivity contribution in [2.45, 2.75) is 37.2 Å². The highest BCUT2D eigenvalue weighted by Crippen LogP contribution is 2.31. The number of anilines is 3. The first-order chi connectivity index (χ1) is 18.7. The molecule has 1 atom stereocenters. The van der Waals surface area contributed by atoms with Gasteiger partial charge in [-0.15, -0.1) is 0 Å². The van der Waals surface area contributed by atoms with Crippen LogP contribution in [-0.4, -0.2) is 43.2 Å². The van der Waals surface area contributed by atoms with Gasteiger partial charge in [0.1, 0.15) is 17.6 Å². The number of carbonyl (C=O) groups is 3. The summed E-state index contributed by atoms with van der Waals surface area (Å²) in [4.78, 5) is 46.5. The highest BCUT2D eigenvalue weighted by molar-refractivity contribution is 7.99. The van der Waals surface area contributed by atoms with Crippen LogP contribution in [0, 0.1) is 26.7 Å². The van der Waals surface area contributed by atoms with Gasteiger partial charge >= 0.3 is 12.0 Å². The summed E-state index contributed by atoms with van der Waals surface area (Å²) in [6.07, 6.45) is -0.0277. The summed E-state index contributed by atoms with van der Waals surface area (Å²) in [5.41, 5.74) is 3.62. The van der Waals surface area contributed by atoms with E-state index < -0.39 is 23.8 Å². The first-order valence-corrected chi connectivity index (χ1v) is 12.8. The van der Waals surface area contributed by atoms with Crippen molar-refractivity contribution in [1.29, 1.82) is 0 Å². The van der Waals surface area contributed by atoms with Crippen LogP contribution in [0.4, 0.5) is 22.1 Å². The number of aromatic amines is 1. The van der Waals surface area contributed by atoms with Crippen LogP contribution in [-0.2, 0) is 16.0 Å². The Morgan fingerprint density at radius 2 is 1.74 bits per heavy atom. The fraction of sp³-hybridized carbons (Fsp3) is 0.185. The third-order valence-corrected chi connectivity index (χ3v) is 6.61. The molecule has 11 nitrogen and oxygen atoms in total. The largest absolute Gasteiger partial charge is 0.481 e. The van der Waals surface area contributed by atoms with Gasteiger partial charge in [-0.05, 0) is 68.3 Å². The molecule has 0 aliphatic heterocycles. The average molecular weight is 546 g/mol. The molecule has 0 radical (unpaired) electrons. The van der Waals surface area contributed by atoms with Gasteiger partial charge in [-0.2, -0.15) is 5.10 Å². The molecule has 39 heavy (non-hydrogen) atoms. The van der Waals surface area contributed by atoms with E-state index in [0.717, 1.165) is 27.7 Å². The third-order valence-electron chi connectivity index (χ3n) is 5.57. The van der Waals surface area contributed by atoms with Crippen molar-refractivity contribution in [3.8, 4) is 0 Å². The predicted molar refractivity (Wildman–Crippen MR) is 147 cm³/mol. The lowest BCUT2D eigenvalue weighted by molar-refractivity contribution is -0.146. The minimum atomic E-state index is -1.40. The van der Waals surface area contributed by atoms with Crippen LogP contribution in [0.1, 0.15) is 22.5 Å². The third kappa shape index (κ3) is 7.65. The van der Waals surface area contributed by atoms with Crippen LogP contribution in [0.25, 0.3) is 0 Å². The molecule has 2 aromatic heterocycles. The summed E-state index contributed by atoms with van der Waals surface area (Å²) in [6.45, 7) is 5.64. The Kier molecular flexibility index (Phi) is 8.56. The maximum absolute atomic E-state index is 12.5. The van der Waals surface area contributed by atoms with E-state index in [1.54, 1.807) is 42.5 Å². The van der Waals surface area contributed by atoms with Gasteiger partial charge in [0.05, 0.1) is 5.69 Å². The van der Waals surface area contributed by atoms with Gasteiger partial charge in [0.25, 0.3) is 0 Å². The highest BCUT2D eigenvalue weighted by atomic mass is 32.2. The molecule has 0 fully saturated rings. The molecular formula is C27H27N7O4S. The van der Waals surface area contributed by atoms with Crippen LogP contribution < -0.4 is 16.0 Å². The summed E-state index contributed by atoms with van der Waals surface area (Å²) in [6, 6.07) is 16.9. The Labute approximate surface area is 228 Å². The number of nitrogens with one attached hydrogen (secondary N) is 4. The molecule has 4 aromatic rings. The molecule has 0 aliphatic carbocycles. The van der Waals surface area contributed by atoms with Crippen molar-refractivity contribution in [2.75, 3.05) is 10.6 Å². The van der Waals surface area contributed by atoms with Crippen molar-refractivity contribution in [1.82, 2.24) is 25.5 Å². The number of aliphatic carboxylic acids is 1. The van der Waals surface area contributed by atoms with Crippen molar-refractivity contribution < 1.29 is 19.5 Å². The minimum Gasteiger partial charge on any atom is -0.481 e. The zero-order chi connectivity index (χ0) is 27.9. The van der Waals surface area contributed by atoms with E-state index >= 15 is 0 Å². The summed E-state index contributed by atoms with van der Waals surface area (Å²) < 4.78 is 0. The zero-order valence-electron chi connectivity index (χ0n) is 21.5. The van der Waals surface area contributed by atoms with E-state index in [0.29, 0.717) is 22.2 Å². The molecule has 12 heteroatoms. The molecule has 2 aromatic carbocycles. The molecule has 0 saturated heterocycles. The lowest BCUT2D eigenvalue weighted by Crippen LogP contribution is -2.42. The van der Waals surface area contributed by atoms with Crippen molar-refractivity contribution in [3.05, 3.63) is 83.2 Å².